The van der Waals surface area contributed by atoms with Gasteiger partial charge in [0.15, 0.2) is 0 Å². The summed E-state index contributed by atoms with van der Waals surface area (Å²) in [6.45, 7) is -0.970. The average molecular weight is 550 g/mol. The van der Waals surface area contributed by atoms with Gasteiger partial charge >= 0.3 is 17.9 Å². The summed E-state index contributed by atoms with van der Waals surface area (Å²) in [6.07, 6.45) is -0.121. The number of para-hydroxylation sites is 1. The third-order valence-corrected chi connectivity index (χ3v) is 5.81. The topological polar surface area (TPSA) is 261 Å². The van der Waals surface area contributed by atoms with Gasteiger partial charge < -0.3 is 47.1 Å². The van der Waals surface area contributed by atoms with Crippen molar-refractivity contribution in [2.24, 2.45) is 5.73 Å². The highest BCUT2D eigenvalue weighted by molar-refractivity contribution is 5.94. The van der Waals surface area contributed by atoms with Crippen LogP contribution in [0.1, 0.15) is 31.2 Å². The van der Waals surface area contributed by atoms with E-state index in [-0.39, 0.29) is 12.8 Å². The number of fused-ring (bicyclic) bond motifs is 1. The first-order chi connectivity index (χ1) is 18.4. The quantitative estimate of drug-likeness (QED) is 0.114. The number of carboxylic acids is 3. The zero-order chi connectivity index (χ0) is 29.1. The Hall–Kier alpha value is -4.50. The molecule has 2 rings (SSSR count). The van der Waals surface area contributed by atoms with Crippen LogP contribution in [0.2, 0.25) is 0 Å². The number of aromatic amines is 1. The van der Waals surface area contributed by atoms with Gasteiger partial charge in [-0.2, -0.15) is 0 Å². The number of aliphatic carboxylic acids is 3. The van der Waals surface area contributed by atoms with Crippen LogP contribution in [0.25, 0.3) is 10.9 Å². The largest absolute Gasteiger partial charge is 0.481 e. The number of aliphatic hydroxyl groups excluding tert-OH is 1. The molecule has 0 bridgehead atoms. The van der Waals surface area contributed by atoms with Gasteiger partial charge in [-0.3, -0.25) is 24.0 Å². The molecule has 212 valence electrons. The molecule has 0 saturated heterocycles. The number of nitrogens with one attached hydrogen (secondary N) is 4. The van der Waals surface area contributed by atoms with E-state index in [1.54, 1.807) is 6.20 Å². The number of amides is 3. The molecule has 0 saturated carbocycles. The monoisotopic (exact) mass is 549 g/mol. The number of rotatable bonds is 16. The summed E-state index contributed by atoms with van der Waals surface area (Å²) in [5, 5.41) is 44.0. The normalized spacial score (nSPS) is 14.0. The standard InChI is InChI=1S/C24H31N5O10/c25-14(9-12-10-26-15-4-2-1-3-13(12)15)21(35)27-16(5-7-19(31)32)22(36)29-18(11-30)23(37)28-17(24(38)39)6-8-20(33)34/h1-4,10,14,16-18,26,30H,5-9,11,25H2,(H,27,35)(H,28,37)(H,29,36)(H,31,32)(H,33,34)(H,38,39). The summed E-state index contributed by atoms with van der Waals surface area (Å²) in [4.78, 5) is 74.3. The molecule has 0 aliphatic carbocycles. The Kier molecular flexibility index (Phi) is 11.4. The van der Waals surface area contributed by atoms with Gasteiger partial charge in [-0.15, -0.1) is 0 Å². The third kappa shape index (κ3) is 9.39. The molecule has 0 fully saturated rings. The van der Waals surface area contributed by atoms with Gasteiger partial charge in [0, 0.05) is 29.9 Å². The maximum Gasteiger partial charge on any atom is 0.326 e. The predicted octanol–water partition coefficient (Wildman–Crippen LogP) is -1.70. The van der Waals surface area contributed by atoms with E-state index in [4.69, 9.17) is 15.9 Å². The lowest BCUT2D eigenvalue weighted by molar-refractivity contribution is -0.143. The molecule has 0 aliphatic heterocycles. The van der Waals surface area contributed by atoms with Gasteiger partial charge in [-0.1, -0.05) is 18.2 Å². The average Bonchev–Trinajstić information content (AvgIpc) is 3.29. The first-order valence-electron chi connectivity index (χ1n) is 11.9. The summed E-state index contributed by atoms with van der Waals surface area (Å²) < 4.78 is 0. The summed E-state index contributed by atoms with van der Waals surface area (Å²) >= 11 is 0. The number of aromatic nitrogens is 1. The zero-order valence-electron chi connectivity index (χ0n) is 20.8. The minimum atomic E-state index is -1.67. The van der Waals surface area contributed by atoms with E-state index in [0.29, 0.717) is 0 Å². The van der Waals surface area contributed by atoms with Crippen molar-refractivity contribution in [1.82, 2.24) is 20.9 Å². The first-order valence-corrected chi connectivity index (χ1v) is 11.9. The number of aliphatic hydroxyl groups is 1. The number of benzene rings is 1. The van der Waals surface area contributed by atoms with Crippen molar-refractivity contribution >= 4 is 46.5 Å². The number of carbonyl (C=O) groups is 6. The van der Waals surface area contributed by atoms with Crippen LogP contribution in [0.4, 0.5) is 0 Å². The molecule has 39 heavy (non-hydrogen) atoms. The van der Waals surface area contributed by atoms with Crippen LogP contribution in [-0.4, -0.2) is 91.8 Å². The van der Waals surface area contributed by atoms with Crippen molar-refractivity contribution in [2.45, 2.75) is 56.3 Å². The van der Waals surface area contributed by atoms with Crippen molar-refractivity contribution in [3.05, 3.63) is 36.0 Å². The van der Waals surface area contributed by atoms with Crippen molar-refractivity contribution in [3.8, 4) is 0 Å². The zero-order valence-corrected chi connectivity index (χ0v) is 20.8. The maximum atomic E-state index is 12.9. The number of carboxylic acid groups (broad SMARTS) is 3. The molecular formula is C24H31N5O10. The minimum Gasteiger partial charge on any atom is -0.481 e. The fourth-order valence-electron chi connectivity index (χ4n) is 3.71. The van der Waals surface area contributed by atoms with Crippen LogP contribution in [0, 0.1) is 0 Å². The van der Waals surface area contributed by atoms with Gasteiger partial charge in [0.2, 0.25) is 17.7 Å². The molecule has 0 aliphatic rings. The van der Waals surface area contributed by atoms with E-state index in [1.165, 1.54) is 0 Å². The molecule has 2 aromatic rings. The Morgan fingerprint density at radius 2 is 1.33 bits per heavy atom. The second-order valence-corrected chi connectivity index (χ2v) is 8.74. The number of nitrogens with two attached hydrogens (primary N) is 1. The fourth-order valence-corrected chi connectivity index (χ4v) is 3.71. The molecule has 0 radical (unpaired) electrons. The number of H-pyrrole nitrogens is 1. The van der Waals surface area contributed by atoms with Crippen LogP contribution in [0.3, 0.4) is 0 Å². The minimum absolute atomic E-state index is 0.0949. The molecular weight excluding hydrogens is 518 g/mol. The molecule has 10 N–H and O–H groups in total. The maximum absolute atomic E-state index is 12.9. The van der Waals surface area contributed by atoms with Crippen LogP contribution in [-0.2, 0) is 35.2 Å². The van der Waals surface area contributed by atoms with Gasteiger partial charge in [0.05, 0.1) is 12.6 Å². The molecule has 15 heteroatoms. The molecule has 3 amide bonds. The summed E-state index contributed by atoms with van der Waals surface area (Å²) in [6, 6.07) is 1.48. The lowest BCUT2D eigenvalue weighted by Gasteiger charge is -2.24. The first kappa shape index (κ1) is 30.7. The second-order valence-electron chi connectivity index (χ2n) is 8.74. The molecule has 1 aromatic heterocycles. The van der Waals surface area contributed by atoms with Crippen LogP contribution in [0.15, 0.2) is 30.5 Å². The van der Waals surface area contributed by atoms with E-state index >= 15 is 0 Å². The molecule has 1 aromatic carbocycles. The number of hydrogen-bond donors (Lipinski definition) is 9. The van der Waals surface area contributed by atoms with E-state index in [0.717, 1.165) is 16.5 Å². The predicted molar refractivity (Wildman–Crippen MR) is 134 cm³/mol. The smallest absolute Gasteiger partial charge is 0.326 e. The Bertz CT molecular complexity index is 1210. The second kappa shape index (κ2) is 14.4. The van der Waals surface area contributed by atoms with Crippen molar-refractivity contribution < 1.29 is 49.2 Å². The van der Waals surface area contributed by atoms with E-state index in [9.17, 15) is 39.0 Å². The highest BCUT2D eigenvalue weighted by Crippen LogP contribution is 2.18. The van der Waals surface area contributed by atoms with Gasteiger partial charge in [-0.05, 0) is 30.9 Å². The summed E-state index contributed by atoms with van der Waals surface area (Å²) in [5.41, 5.74) is 7.61. The highest BCUT2D eigenvalue weighted by Gasteiger charge is 2.30. The van der Waals surface area contributed by atoms with Gasteiger partial charge in [0.25, 0.3) is 0 Å². The Morgan fingerprint density at radius 3 is 1.92 bits per heavy atom. The summed E-state index contributed by atoms with van der Waals surface area (Å²) in [7, 11) is 0. The third-order valence-electron chi connectivity index (χ3n) is 5.81. The fraction of sp³-hybridized carbons (Fsp3) is 0.417. The van der Waals surface area contributed by atoms with Gasteiger partial charge in [0.1, 0.15) is 18.1 Å². The van der Waals surface area contributed by atoms with Crippen molar-refractivity contribution in [2.75, 3.05) is 6.61 Å². The van der Waals surface area contributed by atoms with E-state index in [1.807, 2.05) is 29.6 Å². The number of hydrogen-bond acceptors (Lipinski definition) is 8. The lowest BCUT2D eigenvalue weighted by atomic mass is 10.0. The van der Waals surface area contributed by atoms with Gasteiger partial charge in [-0.25, -0.2) is 4.79 Å². The van der Waals surface area contributed by atoms with Crippen LogP contribution < -0.4 is 21.7 Å². The Labute approximate surface area is 221 Å². The highest BCUT2D eigenvalue weighted by atomic mass is 16.4. The molecule has 4 atom stereocenters. The molecule has 4 unspecified atom stereocenters. The summed E-state index contributed by atoms with van der Waals surface area (Å²) in [5.74, 6) is -6.98. The Morgan fingerprint density at radius 1 is 0.795 bits per heavy atom. The van der Waals surface area contributed by atoms with E-state index < -0.39 is 85.7 Å². The van der Waals surface area contributed by atoms with Crippen molar-refractivity contribution in [1.29, 1.82) is 0 Å². The molecule has 15 nitrogen and oxygen atoms in total. The van der Waals surface area contributed by atoms with E-state index in [2.05, 4.69) is 15.6 Å². The Balaban J connectivity index is 2.08. The van der Waals surface area contributed by atoms with Crippen molar-refractivity contribution in [3.63, 3.8) is 0 Å². The lowest BCUT2D eigenvalue weighted by Crippen LogP contribution is -2.58. The number of carbonyl (C=O) groups excluding carboxylic acids is 3. The molecule has 0 spiro atoms. The SMILES string of the molecule is NC(Cc1c[nH]c2ccccc12)C(=O)NC(CCC(=O)O)C(=O)NC(CO)C(=O)NC(CCC(=O)O)C(=O)O. The van der Waals surface area contributed by atoms with Crippen LogP contribution in [0.5, 0.6) is 0 Å². The van der Waals surface area contributed by atoms with Crippen LogP contribution >= 0.6 is 0 Å². The molecule has 1 heterocycles.